The summed E-state index contributed by atoms with van der Waals surface area (Å²) in [7, 11) is -0.727. The Morgan fingerprint density at radius 1 is 1.15 bits per heavy atom. The molecule has 1 aliphatic heterocycles. The zero-order chi connectivity index (χ0) is 25.6. The number of carbonyl (C=O) groups excluding carboxylic acids is 3. The van der Waals surface area contributed by atoms with Gasteiger partial charge in [-0.3, -0.25) is 9.59 Å². The second-order valence-electron chi connectivity index (χ2n) is 10.1. The lowest BCUT2D eigenvalue weighted by Crippen LogP contribution is -2.44. The van der Waals surface area contributed by atoms with Gasteiger partial charge in [0.15, 0.2) is 25.6 Å². The highest BCUT2D eigenvalue weighted by molar-refractivity contribution is 6.74. The van der Waals surface area contributed by atoms with E-state index in [1.807, 2.05) is 38.2 Å². The van der Waals surface area contributed by atoms with Crippen molar-refractivity contribution < 1.29 is 28.3 Å². The monoisotopic (exact) mass is 476 g/mol. The van der Waals surface area contributed by atoms with E-state index in [4.69, 9.17) is 13.9 Å². The molecule has 0 bridgehead atoms. The maximum atomic E-state index is 13.1. The molecule has 0 fully saturated rings. The van der Waals surface area contributed by atoms with Crippen molar-refractivity contribution in [2.75, 3.05) is 7.11 Å². The number of esters is 1. The molecule has 1 rings (SSSR count). The van der Waals surface area contributed by atoms with Gasteiger partial charge in [0.05, 0.1) is 13.2 Å². The smallest absolute Gasteiger partial charge is 0.351 e. The van der Waals surface area contributed by atoms with E-state index in [0.29, 0.717) is 6.42 Å². The van der Waals surface area contributed by atoms with Gasteiger partial charge in [-0.25, -0.2) is 4.79 Å². The van der Waals surface area contributed by atoms with Crippen LogP contribution in [0.4, 0.5) is 0 Å². The molecule has 1 aliphatic rings. The molecule has 1 unspecified atom stereocenters. The molecule has 1 heterocycles. The second-order valence-corrected chi connectivity index (χ2v) is 14.9. The second kappa shape index (κ2) is 11.7. The van der Waals surface area contributed by atoms with Gasteiger partial charge in [-0.2, -0.15) is 0 Å². The summed E-state index contributed by atoms with van der Waals surface area (Å²) in [4.78, 5) is 38.0. The number of allylic oxidation sites excluding steroid dienone is 3. The van der Waals surface area contributed by atoms with E-state index in [9.17, 15) is 14.4 Å². The van der Waals surface area contributed by atoms with E-state index in [-0.39, 0.29) is 46.4 Å². The van der Waals surface area contributed by atoms with E-state index >= 15 is 0 Å². The van der Waals surface area contributed by atoms with Gasteiger partial charge in [0.25, 0.3) is 0 Å². The number of carbonyl (C=O) groups is 3. The zero-order valence-corrected chi connectivity index (χ0v) is 22.6. The SMILES string of the molecule is C=C1OC(=O)C(C(=O)[C@H](C)C[C@H](C)C(=O)CC(/C=C/C=C/C)O[Si](C)(C)C(C)(C)C)=C1OC. The van der Waals surface area contributed by atoms with E-state index in [2.05, 4.69) is 40.4 Å². The molecule has 3 atom stereocenters. The Kier molecular flexibility index (Phi) is 10.2. The minimum absolute atomic E-state index is 0.0158. The van der Waals surface area contributed by atoms with Crippen LogP contribution < -0.4 is 0 Å². The Labute approximate surface area is 199 Å². The summed E-state index contributed by atoms with van der Waals surface area (Å²) in [5, 5.41) is 0.0158. The number of hydrogen-bond donors (Lipinski definition) is 0. The summed E-state index contributed by atoms with van der Waals surface area (Å²) in [6, 6.07) is 0. The molecule has 0 saturated heterocycles. The van der Waals surface area contributed by atoms with Crippen molar-refractivity contribution in [3.8, 4) is 0 Å². The van der Waals surface area contributed by atoms with Crippen molar-refractivity contribution in [2.45, 2.75) is 78.6 Å². The first kappa shape index (κ1) is 28.8. The Balaban J connectivity index is 2.93. The third-order valence-electron chi connectivity index (χ3n) is 6.34. The van der Waals surface area contributed by atoms with Crippen LogP contribution in [0.15, 0.2) is 48.0 Å². The number of Topliss-reactive ketones (excluding diaryl/α,β-unsaturated/α-hetero) is 2. The van der Waals surface area contributed by atoms with Gasteiger partial charge in [0.1, 0.15) is 11.4 Å². The Morgan fingerprint density at radius 3 is 2.27 bits per heavy atom. The van der Waals surface area contributed by atoms with Crippen LogP contribution in [0.2, 0.25) is 18.1 Å². The van der Waals surface area contributed by atoms with Crippen molar-refractivity contribution in [1.29, 1.82) is 0 Å². The van der Waals surface area contributed by atoms with Gasteiger partial charge < -0.3 is 13.9 Å². The lowest BCUT2D eigenvalue weighted by Gasteiger charge is -2.38. The van der Waals surface area contributed by atoms with E-state index in [0.717, 1.165) is 0 Å². The van der Waals surface area contributed by atoms with Gasteiger partial charge in [-0.05, 0) is 31.5 Å². The van der Waals surface area contributed by atoms with Crippen LogP contribution in [0.3, 0.4) is 0 Å². The number of hydrogen-bond acceptors (Lipinski definition) is 6. The van der Waals surface area contributed by atoms with Crippen LogP contribution in [0.5, 0.6) is 0 Å². The maximum absolute atomic E-state index is 13.1. The molecule has 0 amide bonds. The van der Waals surface area contributed by atoms with Crippen molar-refractivity contribution >= 4 is 25.9 Å². The minimum atomic E-state index is -2.08. The molecular formula is C26H40O6Si. The number of rotatable bonds is 12. The first-order valence-electron chi connectivity index (χ1n) is 11.4. The lowest BCUT2D eigenvalue weighted by molar-refractivity contribution is -0.135. The molecule has 0 radical (unpaired) electrons. The average molecular weight is 477 g/mol. The fraction of sp³-hybridized carbons (Fsp3) is 0.577. The molecule has 0 spiro atoms. The fourth-order valence-electron chi connectivity index (χ4n) is 3.29. The van der Waals surface area contributed by atoms with Crippen LogP contribution in [0.1, 0.15) is 54.4 Å². The topological polar surface area (TPSA) is 78.9 Å². The van der Waals surface area contributed by atoms with Gasteiger partial charge in [-0.15, -0.1) is 0 Å². The third-order valence-corrected chi connectivity index (χ3v) is 10.8. The van der Waals surface area contributed by atoms with Gasteiger partial charge in [-0.1, -0.05) is 65.5 Å². The van der Waals surface area contributed by atoms with Crippen molar-refractivity contribution in [3.05, 3.63) is 48.0 Å². The van der Waals surface area contributed by atoms with Crippen molar-refractivity contribution in [2.24, 2.45) is 11.8 Å². The molecule has 6 nitrogen and oxygen atoms in total. The van der Waals surface area contributed by atoms with E-state index < -0.39 is 26.0 Å². The van der Waals surface area contributed by atoms with Crippen molar-refractivity contribution in [1.82, 2.24) is 0 Å². The first-order chi connectivity index (χ1) is 15.2. The normalized spacial score (nSPS) is 18.1. The van der Waals surface area contributed by atoms with Gasteiger partial charge in [0.2, 0.25) is 0 Å². The predicted octanol–water partition coefficient (Wildman–Crippen LogP) is 5.67. The fourth-order valence-corrected chi connectivity index (χ4v) is 4.56. The van der Waals surface area contributed by atoms with Crippen LogP contribution in [-0.4, -0.2) is 39.1 Å². The maximum Gasteiger partial charge on any atom is 0.351 e. The molecule has 0 aliphatic carbocycles. The molecular weight excluding hydrogens is 436 g/mol. The Bertz CT molecular complexity index is 856. The highest BCUT2D eigenvalue weighted by Gasteiger charge is 2.40. The number of ketones is 2. The highest BCUT2D eigenvalue weighted by atomic mass is 28.4. The summed E-state index contributed by atoms with van der Waals surface area (Å²) in [5.41, 5.74) is -0.136. The lowest BCUT2D eigenvalue weighted by atomic mass is 9.87. The Morgan fingerprint density at radius 2 is 1.76 bits per heavy atom. The van der Waals surface area contributed by atoms with Gasteiger partial charge >= 0.3 is 5.97 Å². The summed E-state index contributed by atoms with van der Waals surface area (Å²) in [6.07, 6.45) is 7.86. The van der Waals surface area contributed by atoms with Crippen LogP contribution >= 0.6 is 0 Å². The number of ether oxygens (including phenoxy) is 2. The molecule has 33 heavy (non-hydrogen) atoms. The minimum Gasteiger partial charge on any atom is -0.492 e. The van der Waals surface area contributed by atoms with E-state index in [1.165, 1.54) is 7.11 Å². The number of cyclic esters (lactones) is 1. The van der Waals surface area contributed by atoms with Crippen LogP contribution in [-0.2, 0) is 28.3 Å². The molecule has 0 saturated carbocycles. The largest absolute Gasteiger partial charge is 0.492 e. The summed E-state index contributed by atoms with van der Waals surface area (Å²) in [5.74, 6) is -1.99. The first-order valence-corrected chi connectivity index (χ1v) is 14.3. The Hall–Kier alpha value is -2.25. The summed E-state index contributed by atoms with van der Waals surface area (Å²) >= 11 is 0. The summed E-state index contributed by atoms with van der Waals surface area (Å²) < 4.78 is 16.5. The predicted molar refractivity (Wildman–Crippen MR) is 133 cm³/mol. The molecule has 7 heteroatoms. The molecule has 0 N–H and O–H groups in total. The third kappa shape index (κ3) is 7.64. The van der Waals surface area contributed by atoms with Crippen LogP contribution in [0, 0.1) is 11.8 Å². The highest BCUT2D eigenvalue weighted by Crippen LogP contribution is 2.38. The number of methoxy groups -OCH3 is 1. The molecule has 0 aromatic carbocycles. The standard InChI is InChI=1S/C26H40O6Si/c1-11-12-13-14-20(32-33(9,10)26(5,6)7)16-21(27)17(2)15-18(3)23(28)22-24(30-8)19(4)31-25(22)29/h11-14,17-18,20H,4,15-16H2,1-3,5-10H3/b12-11+,14-13+/t17-,18+,20?/m0/s1. The molecule has 184 valence electrons. The molecule has 0 aromatic rings. The van der Waals surface area contributed by atoms with Crippen molar-refractivity contribution in [3.63, 3.8) is 0 Å². The summed E-state index contributed by atoms with van der Waals surface area (Å²) in [6.45, 7) is 19.8. The average Bonchev–Trinajstić information content (AvgIpc) is 2.98. The van der Waals surface area contributed by atoms with Crippen LogP contribution in [0.25, 0.3) is 0 Å². The van der Waals surface area contributed by atoms with Gasteiger partial charge in [0, 0.05) is 18.3 Å². The quantitative estimate of drug-likeness (QED) is 0.156. The van der Waals surface area contributed by atoms with E-state index in [1.54, 1.807) is 6.92 Å². The zero-order valence-electron chi connectivity index (χ0n) is 21.6. The molecule has 0 aromatic heterocycles.